The molecular formula is C12H10N2O5. The van der Waals surface area contributed by atoms with Gasteiger partial charge in [-0.1, -0.05) is 18.2 Å². The summed E-state index contributed by atoms with van der Waals surface area (Å²) in [6.45, 7) is -0.0391. The summed E-state index contributed by atoms with van der Waals surface area (Å²) in [6, 6.07) is 6.33. The van der Waals surface area contributed by atoms with Crippen molar-refractivity contribution in [2.45, 2.75) is 6.54 Å². The smallest absolute Gasteiger partial charge is 0.342 e. The molecule has 98 valence electrons. The van der Waals surface area contributed by atoms with E-state index >= 15 is 0 Å². The number of carboxylic acids is 1. The van der Waals surface area contributed by atoms with Crippen LogP contribution in [0.3, 0.4) is 0 Å². The molecule has 1 aromatic carbocycles. The predicted molar refractivity (Wildman–Crippen MR) is 65.5 cm³/mol. The summed E-state index contributed by atoms with van der Waals surface area (Å²) in [5.41, 5.74) is -1.78. The number of aromatic amines is 1. The third-order valence-corrected chi connectivity index (χ3v) is 2.57. The van der Waals surface area contributed by atoms with Crippen molar-refractivity contribution < 1.29 is 15.0 Å². The van der Waals surface area contributed by atoms with Crippen LogP contribution in [0.4, 0.5) is 0 Å². The number of nitrogens with zero attached hydrogens (tertiary/aromatic N) is 1. The average Bonchev–Trinajstić information content (AvgIpc) is 2.34. The van der Waals surface area contributed by atoms with Crippen LogP contribution in [0.1, 0.15) is 15.9 Å². The third-order valence-electron chi connectivity index (χ3n) is 2.57. The van der Waals surface area contributed by atoms with Gasteiger partial charge < -0.3 is 10.2 Å². The van der Waals surface area contributed by atoms with E-state index in [1.165, 1.54) is 6.07 Å². The Labute approximate surface area is 106 Å². The highest BCUT2D eigenvalue weighted by Crippen LogP contribution is 2.15. The molecule has 0 aliphatic rings. The van der Waals surface area contributed by atoms with Crippen LogP contribution in [0.5, 0.6) is 5.75 Å². The van der Waals surface area contributed by atoms with E-state index in [1.807, 2.05) is 4.98 Å². The highest BCUT2D eigenvalue weighted by Gasteiger charge is 2.12. The molecule has 0 aliphatic carbocycles. The molecule has 0 saturated carbocycles. The van der Waals surface area contributed by atoms with Crippen molar-refractivity contribution in [1.29, 1.82) is 0 Å². The monoisotopic (exact) mass is 262 g/mol. The number of phenols is 1. The molecular weight excluding hydrogens is 252 g/mol. The largest absolute Gasteiger partial charge is 0.508 e. The lowest BCUT2D eigenvalue weighted by atomic mass is 10.2. The highest BCUT2D eigenvalue weighted by molar-refractivity contribution is 5.86. The Hall–Kier alpha value is -2.83. The quantitative estimate of drug-likeness (QED) is 0.720. The minimum absolute atomic E-state index is 0.0162. The van der Waals surface area contributed by atoms with Gasteiger partial charge >= 0.3 is 11.7 Å². The van der Waals surface area contributed by atoms with Crippen LogP contribution in [-0.2, 0) is 6.54 Å². The van der Waals surface area contributed by atoms with Gasteiger partial charge in [0.2, 0.25) is 0 Å². The SMILES string of the molecule is O=C(O)c1cn(Cc2ccccc2O)c(=O)[nH]c1=O. The highest BCUT2D eigenvalue weighted by atomic mass is 16.4. The summed E-state index contributed by atoms with van der Waals surface area (Å²) in [5.74, 6) is -1.44. The predicted octanol–water partition coefficient (Wildman–Crippen LogP) is -0.0113. The molecule has 7 heteroatoms. The number of phenolic OH excluding ortho intramolecular Hbond substituents is 1. The number of para-hydroxylation sites is 1. The molecule has 2 aromatic rings. The van der Waals surface area contributed by atoms with E-state index in [4.69, 9.17) is 5.11 Å². The lowest BCUT2D eigenvalue weighted by Crippen LogP contribution is -2.33. The Morgan fingerprint density at radius 1 is 1.26 bits per heavy atom. The Balaban J connectivity index is 2.49. The zero-order valence-corrected chi connectivity index (χ0v) is 9.66. The van der Waals surface area contributed by atoms with Crippen LogP contribution < -0.4 is 11.2 Å². The van der Waals surface area contributed by atoms with Crippen molar-refractivity contribution in [2.75, 3.05) is 0 Å². The number of H-pyrrole nitrogens is 1. The Morgan fingerprint density at radius 3 is 2.58 bits per heavy atom. The number of carbonyl (C=O) groups is 1. The summed E-state index contributed by atoms with van der Waals surface area (Å²) in [6.07, 6.45) is 0.954. The zero-order valence-electron chi connectivity index (χ0n) is 9.66. The minimum Gasteiger partial charge on any atom is -0.508 e. The summed E-state index contributed by atoms with van der Waals surface area (Å²) in [7, 11) is 0. The fourth-order valence-electron chi connectivity index (χ4n) is 1.61. The average molecular weight is 262 g/mol. The van der Waals surface area contributed by atoms with Gasteiger partial charge in [0.15, 0.2) is 0 Å². The van der Waals surface area contributed by atoms with Gasteiger partial charge in [-0.3, -0.25) is 14.3 Å². The second-order valence-corrected chi connectivity index (χ2v) is 3.86. The topological polar surface area (TPSA) is 112 Å². The molecule has 0 spiro atoms. The summed E-state index contributed by atoms with van der Waals surface area (Å²) < 4.78 is 1.01. The second kappa shape index (κ2) is 4.81. The number of aromatic carboxylic acids is 1. The van der Waals surface area contributed by atoms with Crippen molar-refractivity contribution in [3.05, 3.63) is 62.4 Å². The fourth-order valence-corrected chi connectivity index (χ4v) is 1.61. The number of aromatic hydroxyl groups is 1. The van der Waals surface area contributed by atoms with E-state index in [1.54, 1.807) is 18.2 Å². The number of hydrogen-bond acceptors (Lipinski definition) is 4. The molecule has 0 atom stereocenters. The molecule has 0 fully saturated rings. The van der Waals surface area contributed by atoms with Gasteiger partial charge in [0.1, 0.15) is 11.3 Å². The van der Waals surface area contributed by atoms with Gasteiger partial charge in [-0.2, -0.15) is 0 Å². The van der Waals surface area contributed by atoms with Crippen LogP contribution in [0, 0.1) is 0 Å². The molecule has 0 saturated heterocycles. The van der Waals surface area contributed by atoms with E-state index < -0.39 is 22.8 Å². The van der Waals surface area contributed by atoms with E-state index in [9.17, 15) is 19.5 Å². The second-order valence-electron chi connectivity index (χ2n) is 3.86. The van der Waals surface area contributed by atoms with Crippen molar-refractivity contribution in [3.8, 4) is 5.75 Å². The molecule has 7 nitrogen and oxygen atoms in total. The Morgan fingerprint density at radius 2 is 1.95 bits per heavy atom. The summed E-state index contributed by atoms with van der Waals surface area (Å²) in [5, 5.41) is 18.4. The van der Waals surface area contributed by atoms with E-state index in [0.717, 1.165) is 10.8 Å². The molecule has 0 amide bonds. The van der Waals surface area contributed by atoms with Crippen LogP contribution in [0.25, 0.3) is 0 Å². The maximum Gasteiger partial charge on any atom is 0.342 e. The van der Waals surface area contributed by atoms with Gasteiger partial charge in [-0.25, -0.2) is 9.59 Å². The van der Waals surface area contributed by atoms with Crippen molar-refractivity contribution in [2.24, 2.45) is 0 Å². The molecule has 1 heterocycles. The first-order chi connectivity index (χ1) is 8.99. The number of rotatable bonds is 3. The van der Waals surface area contributed by atoms with E-state index in [2.05, 4.69) is 0 Å². The van der Waals surface area contributed by atoms with Gasteiger partial charge in [-0.15, -0.1) is 0 Å². The normalized spacial score (nSPS) is 10.3. The first-order valence-electron chi connectivity index (χ1n) is 5.33. The van der Waals surface area contributed by atoms with Crippen LogP contribution in [0.15, 0.2) is 40.1 Å². The molecule has 19 heavy (non-hydrogen) atoms. The molecule has 0 bridgehead atoms. The van der Waals surface area contributed by atoms with Crippen molar-refractivity contribution >= 4 is 5.97 Å². The Kier molecular flexibility index (Phi) is 3.19. The van der Waals surface area contributed by atoms with Crippen LogP contribution >= 0.6 is 0 Å². The van der Waals surface area contributed by atoms with Gasteiger partial charge in [0, 0.05) is 11.8 Å². The first kappa shape index (κ1) is 12.6. The molecule has 2 rings (SSSR count). The van der Waals surface area contributed by atoms with E-state index in [0.29, 0.717) is 5.56 Å². The summed E-state index contributed by atoms with van der Waals surface area (Å²) >= 11 is 0. The number of nitrogens with one attached hydrogen (secondary N) is 1. The molecule has 3 N–H and O–H groups in total. The molecule has 0 unspecified atom stereocenters. The van der Waals surface area contributed by atoms with Crippen molar-refractivity contribution in [3.63, 3.8) is 0 Å². The number of aromatic nitrogens is 2. The standard InChI is InChI=1S/C12H10N2O5/c15-9-4-2-1-3-7(9)5-14-6-8(11(17)18)10(16)13-12(14)19/h1-4,6,15H,5H2,(H,17,18)(H,13,16,19). The lowest BCUT2D eigenvalue weighted by molar-refractivity contribution is 0.0693. The maximum absolute atomic E-state index is 11.6. The zero-order chi connectivity index (χ0) is 14.0. The fraction of sp³-hybridized carbons (Fsp3) is 0.0833. The molecule has 0 aliphatic heterocycles. The molecule has 1 aromatic heterocycles. The lowest BCUT2D eigenvalue weighted by Gasteiger charge is -2.07. The number of carboxylic acid groups (broad SMARTS) is 1. The number of benzene rings is 1. The van der Waals surface area contributed by atoms with Gasteiger partial charge in [0.25, 0.3) is 5.56 Å². The Bertz CT molecular complexity index is 744. The van der Waals surface area contributed by atoms with E-state index in [-0.39, 0.29) is 12.3 Å². The van der Waals surface area contributed by atoms with Crippen LogP contribution in [-0.4, -0.2) is 25.7 Å². The van der Waals surface area contributed by atoms with Crippen LogP contribution in [0.2, 0.25) is 0 Å². The van der Waals surface area contributed by atoms with Gasteiger partial charge in [0.05, 0.1) is 6.54 Å². The number of hydrogen-bond donors (Lipinski definition) is 3. The minimum atomic E-state index is -1.42. The van der Waals surface area contributed by atoms with Gasteiger partial charge in [-0.05, 0) is 6.07 Å². The molecule has 0 radical (unpaired) electrons. The summed E-state index contributed by atoms with van der Waals surface area (Å²) in [4.78, 5) is 35.6. The third kappa shape index (κ3) is 2.54. The maximum atomic E-state index is 11.6. The van der Waals surface area contributed by atoms with Crippen molar-refractivity contribution in [1.82, 2.24) is 9.55 Å². The first-order valence-corrected chi connectivity index (χ1v) is 5.33.